The molecule has 2 unspecified atom stereocenters. The zero-order chi connectivity index (χ0) is 34.7. The lowest BCUT2D eigenvalue weighted by Gasteiger charge is -2.21. The van der Waals surface area contributed by atoms with Gasteiger partial charge in [0.05, 0.1) is 17.9 Å². The smallest absolute Gasteiger partial charge is 0.267 e. The summed E-state index contributed by atoms with van der Waals surface area (Å²) in [6.45, 7) is 4.45. The largest absolute Gasteiger partial charge is 0.387 e. The van der Waals surface area contributed by atoms with Crippen LogP contribution in [0.3, 0.4) is 0 Å². The summed E-state index contributed by atoms with van der Waals surface area (Å²) in [5, 5.41) is 13.1. The Labute approximate surface area is 290 Å². The maximum Gasteiger partial charge on any atom is 0.267 e. The lowest BCUT2D eigenvalue weighted by Crippen LogP contribution is -2.46. The maximum atomic E-state index is 12.5. The van der Waals surface area contributed by atoms with Gasteiger partial charge in [-0.1, -0.05) is 145 Å². The molecular formula is C40H71NO5S. The molecular weight excluding hydrogens is 607 g/mol. The van der Waals surface area contributed by atoms with E-state index in [1.165, 1.54) is 89.5 Å². The predicted molar refractivity (Wildman–Crippen MR) is 202 cm³/mol. The van der Waals surface area contributed by atoms with Gasteiger partial charge in [-0.3, -0.25) is 9.35 Å². The third-order valence-electron chi connectivity index (χ3n) is 8.14. The molecule has 0 heterocycles. The molecule has 0 rings (SSSR count). The maximum absolute atomic E-state index is 12.5. The van der Waals surface area contributed by atoms with E-state index in [0.717, 1.165) is 57.8 Å². The number of rotatable bonds is 33. The van der Waals surface area contributed by atoms with E-state index in [2.05, 4.69) is 67.8 Å². The number of carbonyl (C=O) groups excluding carboxylic acids is 1. The van der Waals surface area contributed by atoms with Crippen LogP contribution >= 0.6 is 0 Å². The molecule has 0 aliphatic heterocycles. The molecule has 0 saturated heterocycles. The first kappa shape index (κ1) is 45.0. The van der Waals surface area contributed by atoms with Gasteiger partial charge in [-0.25, -0.2) is 0 Å². The van der Waals surface area contributed by atoms with Crippen molar-refractivity contribution >= 4 is 16.0 Å². The normalized spacial score (nSPS) is 14.0. The van der Waals surface area contributed by atoms with Gasteiger partial charge in [0.15, 0.2) is 0 Å². The van der Waals surface area contributed by atoms with Gasteiger partial charge in [-0.15, -0.1) is 0 Å². The highest BCUT2D eigenvalue weighted by atomic mass is 32.2. The fourth-order valence-corrected chi connectivity index (χ4v) is 6.01. The summed E-state index contributed by atoms with van der Waals surface area (Å²) in [5.41, 5.74) is 0. The Morgan fingerprint density at radius 3 is 1.47 bits per heavy atom. The van der Waals surface area contributed by atoms with Crippen molar-refractivity contribution in [2.24, 2.45) is 0 Å². The highest BCUT2D eigenvalue weighted by molar-refractivity contribution is 7.85. The molecule has 272 valence electrons. The molecule has 0 bridgehead atoms. The molecule has 6 nitrogen and oxygen atoms in total. The SMILES string of the molecule is CCCCC/C=C\C/C=C\CCCCCCCCCCCC(=O)NC(CS(=O)(=O)O)C(O)/C=C/CC/C=C/CC/C=C/CCCCC. The highest BCUT2D eigenvalue weighted by Gasteiger charge is 2.24. The third-order valence-corrected chi connectivity index (χ3v) is 8.92. The van der Waals surface area contributed by atoms with E-state index in [4.69, 9.17) is 0 Å². The Bertz CT molecular complexity index is 967. The van der Waals surface area contributed by atoms with E-state index in [1.807, 2.05) is 0 Å². The Kier molecular flexibility index (Phi) is 32.5. The van der Waals surface area contributed by atoms with Crippen LogP contribution in [-0.2, 0) is 14.9 Å². The first-order chi connectivity index (χ1) is 22.8. The van der Waals surface area contributed by atoms with Crippen molar-refractivity contribution in [2.45, 2.75) is 180 Å². The van der Waals surface area contributed by atoms with Crippen LogP contribution in [0.25, 0.3) is 0 Å². The minimum absolute atomic E-state index is 0.277. The second-order valence-electron chi connectivity index (χ2n) is 12.8. The van der Waals surface area contributed by atoms with Crippen molar-refractivity contribution in [3.8, 4) is 0 Å². The quantitative estimate of drug-likeness (QED) is 0.0364. The molecule has 0 aromatic heterocycles. The van der Waals surface area contributed by atoms with E-state index in [-0.39, 0.29) is 12.3 Å². The Morgan fingerprint density at radius 2 is 0.979 bits per heavy atom. The van der Waals surface area contributed by atoms with Gasteiger partial charge in [-0.2, -0.15) is 8.42 Å². The molecule has 0 aliphatic rings. The van der Waals surface area contributed by atoms with Crippen molar-refractivity contribution < 1.29 is 22.9 Å². The lowest BCUT2D eigenvalue weighted by molar-refractivity contribution is -0.122. The van der Waals surface area contributed by atoms with Crippen molar-refractivity contribution in [2.75, 3.05) is 5.75 Å². The van der Waals surface area contributed by atoms with Gasteiger partial charge < -0.3 is 10.4 Å². The summed E-state index contributed by atoms with van der Waals surface area (Å²) in [5.74, 6) is -1.02. The Balaban J connectivity index is 4.01. The number of unbranched alkanes of at least 4 members (excludes halogenated alkanes) is 17. The van der Waals surface area contributed by atoms with Crippen LogP contribution in [0, 0.1) is 0 Å². The number of aliphatic hydroxyl groups excluding tert-OH is 1. The lowest BCUT2D eigenvalue weighted by atomic mass is 10.1. The topological polar surface area (TPSA) is 104 Å². The molecule has 0 spiro atoms. The van der Waals surface area contributed by atoms with Gasteiger partial charge in [0, 0.05) is 6.42 Å². The minimum atomic E-state index is -4.36. The fourth-order valence-electron chi connectivity index (χ4n) is 5.27. The fraction of sp³-hybridized carbons (Fsp3) is 0.725. The third kappa shape index (κ3) is 35.2. The second-order valence-corrected chi connectivity index (χ2v) is 14.3. The molecule has 0 aromatic rings. The number of nitrogens with one attached hydrogen (secondary N) is 1. The molecule has 0 aliphatic carbocycles. The Hall–Kier alpha value is -1.96. The van der Waals surface area contributed by atoms with Gasteiger partial charge in [0.1, 0.15) is 0 Å². The number of aliphatic hydroxyl groups is 1. The van der Waals surface area contributed by atoms with Crippen molar-refractivity contribution in [3.05, 3.63) is 60.8 Å². The monoisotopic (exact) mass is 678 g/mol. The molecule has 0 saturated carbocycles. The first-order valence-corrected chi connectivity index (χ1v) is 20.6. The molecule has 0 fully saturated rings. The molecule has 0 aromatic carbocycles. The molecule has 3 N–H and O–H groups in total. The second kappa shape index (κ2) is 33.9. The summed E-state index contributed by atoms with van der Waals surface area (Å²) >= 11 is 0. The molecule has 0 radical (unpaired) electrons. The van der Waals surface area contributed by atoms with Crippen LogP contribution in [-0.4, -0.2) is 41.9 Å². The van der Waals surface area contributed by atoms with Gasteiger partial charge in [0.2, 0.25) is 5.91 Å². The average molecular weight is 678 g/mol. The minimum Gasteiger partial charge on any atom is -0.387 e. The van der Waals surface area contributed by atoms with Crippen LogP contribution in [0.15, 0.2) is 60.8 Å². The summed E-state index contributed by atoms with van der Waals surface area (Å²) in [6, 6.07) is -1.08. The van der Waals surface area contributed by atoms with Gasteiger partial charge >= 0.3 is 0 Å². The van der Waals surface area contributed by atoms with Crippen LogP contribution < -0.4 is 5.32 Å². The van der Waals surface area contributed by atoms with Crippen molar-refractivity contribution in [1.29, 1.82) is 0 Å². The highest BCUT2D eigenvalue weighted by Crippen LogP contribution is 2.12. The molecule has 47 heavy (non-hydrogen) atoms. The van der Waals surface area contributed by atoms with E-state index < -0.39 is 28.0 Å². The number of amides is 1. The van der Waals surface area contributed by atoms with Crippen LogP contribution in [0.5, 0.6) is 0 Å². The summed E-state index contributed by atoms with van der Waals surface area (Å²) < 4.78 is 32.4. The van der Waals surface area contributed by atoms with Crippen LogP contribution in [0.1, 0.15) is 168 Å². The molecule has 1 amide bonds. The standard InChI is InChI=1S/C40H71NO5S/c1-3-5-7-9-11-13-15-17-18-19-20-21-22-24-26-28-30-32-34-36-40(43)41-38(37-47(44,45)46)39(42)35-33-31-29-27-25-23-16-14-12-10-8-6-4-2/h11-14,17-18,25,27,33,35,38-39,42H,3-10,15-16,19-24,26,28-32,34,36-37H2,1-2H3,(H,41,43)(H,44,45,46)/b13-11-,14-12+,18-17-,27-25+,35-33+. The Morgan fingerprint density at radius 1 is 0.574 bits per heavy atom. The molecule has 2 atom stereocenters. The van der Waals surface area contributed by atoms with E-state index >= 15 is 0 Å². The number of carbonyl (C=O) groups is 1. The zero-order valence-corrected chi connectivity index (χ0v) is 30.9. The van der Waals surface area contributed by atoms with Crippen molar-refractivity contribution in [3.63, 3.8) is 0 Å². The summed E-state index contributed by atoms with van der Waals surface area (Å²) in [4.78, 5) is 12.5. The van der Waals surface area contributed by atoms with E-state index in [1.54, 1.807) is 6.08 Å². The number of hydrogen-bond donors (Lipinski definition) is 3. The number of hydrogen-bond acceptors (Lipinski definition) is 4. The van der Waals surface area contributed by atoms with Gasteiger partial charge in [-0.05, 0) is 77.0 Å². The van der Waals surface area contributed by atoms with Crippen molar-refractivity contribution in [1.82, 2.24) is 5.32 Å². The number of allylic oxidation sites excluding steroid dienone is 9. The van der Waals surface area contributed by atoms with Crippen LogP contribution in [0.4, 0.5) is 0 Å². The zero-order valence-electron chi connectivity index (χ0n) is 30.1. The summed E-state index contributed by atoms with van der Waals surface area (Å²) in [7, 11) is -4.36. The average Bonchev–Trinajstić information content (AvgIpc) is 3.03. The van der Waals surface area contributed by atoms with E-state index in [0.29, 0.717) is 6.42 Å². The van der Waals surface area contributed by atoms with Gasteiger partial charge in [0.25, 0.3) is 10.1 Å². The molecule has 7 heteroatoms. The van der Waals surface area contributed by atoms with E-state index in [9.17, 15) is 22.9 Å². The van der Waals surface area contributed by atoms with Crippen LogP contribution in [0.2, 0.25) is 0 Å². The predicted octanol–water partition coefficient (Wildman–Crippen LogP) is 10.9. The first-order valence-electron chi connectivity index (χ1n) is 19.0. The summed E-state index contributed by atoms with van der Waals surface area (Å²) in [6.07, 6.45) is 46.3.